The Morgan fingerprint density at radius 2 is 2.19 bits per heavy atom. The second kappa shape index (κ2) is 5.16. The lowest BCUT2D eigenvalue weighted by atomic mass is 10.0. The van der Waals surface area contributed by atoms with E-state index in [1.807, 2.05) is 6.92 Å². The van der Waals surface area contributed by atoms with Gasteiger partial charge in [-0.25, -0.2) is 0 Å². The van der Waals surface area contributed by atoms with Crippen molar-refractivity contribution in [1.29, 1.82) is 5.41 Å². The van der Waals surface area contributed by atoms with E-state index in [2.05, 4.69) is 5.10 Å². The maximum atomic E-state index is 7.98. The Kier molecular flexibility index (Phi) is 3.88. The standard InChI is InChI=1S/C11H16N4O/c1-3-9(15-14)10(13)7-5-4-6-8(12)11(7)16-2/h4-6,13H,3,12,14H2,1-2H3/b13-10?,15-9-. The van der Waals surface area contributed by atoms with Crippen molar-refractivity contribution in [1.82, 2.24) is 0 Å². The van der Waals surface area contributed by atoms with E-state index >= 15 is 0 Å². The SMILES string of the molecule is CC/C(=N/N)C(=N)c1cccc(N)c1OC. The van der Waals surface area contributed by atoms with Gasteiger partial charge in [-0.1, -0.05) is 13.0 Å². The second-order valence-corrected chi connectivity index (χ2v) is 3.23. The van der Waals surface area contributed by atoms with Crippen molar-refractivity contribution < 1.29 is 4.74 Å². The van der Waals surface area contributed by atoms with Crippen molar-refractivity contribution in [3.05, 3.63) is 23.8 Å². The van der Waals surface area contributed by atoms with E-state index in [-0.39, 0.29) is 5.71 Å². The monoisotopic (exact) mass is 220 g/mol. The Labute approximate surface area is 94.6 Å². The third kappa shape index (κ3) is 2.13. The summed E-state index contributed by atoms with van der Waals surface area (Å²) in [5, 5.41) is 11.6. The third-order valence-electron chi connectivity index (χ3n) is 2.30. The number of hydrazone groups is 1. The van der Waals surface area contributed by atoms with Gasteiger partial charge in [-0.3, -0.25) is 5.41 Å². The minimum atomic E-state index is 0.245. The van der Waals surface area contributed by atoms with Gasteiger partial charge in [-0.15, -0.1) is 0 Å². The molecule has 0 aliphatic carbocycles. The lowest BCUT2D eigenvalue weighted by molar-refractivity contribution is 0.416. The number of ether oxygens (including phenoxy) is 1. The van der Waals surface area contributed by atoms with Crippen LogP contribution in [0.25, 0.3) is 0 Å². The summed E-state index contributed by atoms with van der Waals surface area (Å²) in [4.78, 5) is 0. The van der Waals surface area contributed by atoms with Crippen molar-refractivity contribution in [2.75, 3.05) is 12.8 Å². The molecule has 0 saturated heterocycles. The minimum Gasteiger partial charge on any atom is -0.494 e. The van der Waals surface area contributed by atoms with Gasteiger partial charge >= 0.3 is 0 Å². The van der Waals surface area contributed by atoms with Crippen LogP contribution in [-0.4, -0.2) is 18.5 Å². The molecule has 16 heavy (non-hydrogen) atoms. The van der Waals surface area contributed by atoms with Crippen molar-refractivity contribution in [2.24, 2.45) is 10.9 Å². The Balaban J connectivity index is 3.23. The highest BCUT2D eigenvalue weighted by Crippen LogP contribution is 2.26. The number of methoxy groups -OCH3 is 1. The van der Waals surface area contributed by atoms with E-state index in [4.69, 9.17) is 21.7 Å². The Morgan fingerprint density at radius 1 is 1.50 bits per heavy atom. The van der Waals surface area contributed by atoms with Crippen LogP contribution in [0.5, 0.6) is 5.75 Å². The molecule has 0 fully saturated rings. The molecule has 0 radical (unpaired) electrons. The number of nitrogens with zero attached hydrogens (tertiary/aromatic N) is 1. The summed E-state index contributed by atoms with van der Waals surface area (Å²) < 4.78 is 5.17. The fraction of sp³-hybridized carbons (Fsp3) is 0.273. The average molecular weight is 220 g/mol. The molecule has 1 aromatic rings. The first-order valence-corrected chi connectivity index (χ1v) is 4.94. The molecule has 86 valence electrons. The topological polar surface area (TPSA) is 97.5 Å². The Bertz CT molecular complexity index is 426. The lowest BCUT2D eigenvalue weighted by Crippen LogP contribution is -2.16. The van der Waals surface area contributed by atoms with Crippen molar-refractivity contribution in [3.63, 3.8) is 0 Å². The van der Waals surface area contributed by atoms with Gasteiger partial charge in [-0.05, 0) is 18.6 Å². The molecule has 5 N–H and O–H groups in total. The van der Waals surface area contributed by atoms with Crippen LogP contribution in [0, 0.1) is 5.41 Å². The van der Waals surface area contributed by atoms with E-state index in [1.54, 1.807) is 18.2 Å². The van der Waals surface area contributed by atoms with Crippen LogP contribution in [-0.2, 0) is 0 Å². The molecule has 0 aliphatic heterocycles. The smallest absolute Gasteiger partial charge is 0.151 e. The van der Waals surface area contributed by atoms with Crippen LogP contribution in [0.2, 0.25) is 0 Å². The molecular formula is C11H16N4O. The molecule has 0 unspecified atom stereocenters. The maximum absolute atomic E-state index is 7.98. The van der Waals surface area contributed by atoms with E-state index in [0.717, 1.165) is 0 Å². The van der Waals surface area contributed by atoms with Gasteiger partial charge in [0.25, 0.3) is 0 Å². The zero-order valence-electron chi connectivity index (χ0n) is 9.45. The summed E-state index contributed by atoms with van der Waals surface area (Å²) in [7, 11) is 1.52. The third-order valence-corrected chi connectivity index (χ3v) is 2.30. The summed E-state index contributed by atoms with van der Waals surface area (Å²) in [6, 6.07) is 5.25. The maximum Gasteiger partial charge on any atom is 0.151 e. The molecule has 5 nitrogen and oxygen atoms in total. The second-order valence-electron chi connectivity index (χ2n) is 3.23. The van der Waals surface area contributed by atoms with Crippen LogP contribution < -0.4 is 16.3 Å². The minimum absolute atomic E-state index is 0.245. The molecule has 1 rings (SSSR count). The van der Waals surface area contributed by atoms with Crippen molar-refractivity contribution in [3.8, 4) is 5.75 Å². The quantitative estimate of drug-likeness (QED) is 0.309. The average Bonchev–Trinajstić information content (AvgIpc) is 2.30. The molecule has 0 aromatic heterocycles. The number of hydrogen-bond acceptors (Lipinski definition) is 5. The van der Waals surface area contributed by atoms with Gasteiger partial charge in [-0.2, -0.15) is 5.10 Å². The lowest BCUT2D eigenvalue weighted by Gasteiger charge is -2.12. The highest BCUT2D eigenvalue weighted by Gasteiger charge is 2.14. The Morgan fingerprint density at radius 3 is 2.69 bits per heavy atom. The number of para-hydroxylation sites is 1. The fourth-order valence-corrected chi connectivity index (χ4v) is 1.47. The summed E-state index contributed by atoms with van der Waals surface area (Å²) in [5.74, 6) is 5.71. The Hall–Kier alpha value is -2.04. The molecule has 0 atom stereocenters. The van der Waals surface area contributed by atoms with Gasteiger partial charge < -0.3 is 16.3 Å². The van der Waals surface area contributed by atoms with Gasteiger partial charge in [0.05, 0.1) is 24.2 Å². The van der Waals surface area contributed by atoms with Crippen LogP contribution >= 0.6 is 0 Å². The number of nitrogens with two attached hydrogens (primary N) is 2. The first-order valence-electron chi connectivity index (χ1n) is 4.94. The number of anilines is 1. The van der Waals surface area contributed by atoms with Gasteiger partial charge in [0, 0.05) is 5.56 Å². The highest BCUT2D eigenvalue weighted by molar-refractivity contribution is 6.47. The normalized spacial score (nSPS) is 11.2. The molecule has 5 heteroatoms. The summed E-state index contributed by atoms with van der Waals surface area (Å²) in [5.41, 5.74) is 7.62. The summed E-state index contributed by atoms with van der Waals surface area (Å²) >= 11 is 0. The highest BCUT2D eigenvalue weighted by atomic mass is 16.5. The van der Waals surface area contributed by atoms with Crippen LogP contribution in [0.3, 0.4) is 0 Å². The molecule has 0 spiro atoms. The summed E-state index contributed by atoms with van der Waals surface area (Å²) in [6.45, 7) is 1.89. The van der Waals surface area contributed by atoms with E-state index in [1.165, 1.54) is 7.11 Å². The fourth-order valence-electron chi connectivity index (χ4n) is 1.47. The number of hydrogen-bond donors (Lipinski definition) is 3. The van der Waals surface area contributed by atoms with Crippen molar-refractivity contribution >= 4 is 17.1 Å². The molecule has 0 bridgehead atoms. The zero-order valence-corrected chi connectivity index (χ0v) is 9.45. The van der Waals surface area contributed by atoms with Gasteiger partial charge in [0.15, 0.2) is 5.75 Å². The van der Waals surface area contributed by atoms with Crippen LogP contribution in [0.15, 0.2) is 23.3 Å². The predicted octanol–water partition coefficient (Wildman–Crippen LogP) is 1.37. The molecule has 1 aromatic carbocycles. The zero-order chi connectivity index (χ0) is 12.1. The van der Waals surface area contributed by atoms with Crippen molar-refractivity contribution in [2.45, 2.75) is 13.3 Å². The van der Waals surface area contributed by atoms with E-state index in [0.29, 0.717) is 29.1 Å². The van der Waals surface area contributed by atoms with Crippen LogP contribution in [0.1, 0.15) is 18.9 Å². The molecule has 0 saturated carbocycles. The molecular weight excluding hydrogens is 204 g/mol. The first kappa shape index (κ1) is 12.0. The summed E-state index contributed by atoms with van der Waals surface area (Å²) in [6.07, 6.45) is 0.591. The molecule has 0 aliphatic rings. The van der Waals surface area contributed by atoms with Gasteiger partial charge in [0.1, 0.15) is 0 Å². The predicted molar refractivity (Wildman–Crippen MR) is 66.1 cm³/mol. The van der Waals surface area contributed by atoms with Crippen LogP contribution in [0.4, 0.5) is 5.69 Å². The number of nitrogen functional groups attached to an aromatic ring is 1. The molecule has 0 amide bonds. The number of benzene rings is 1. The first-order chi connectivity index (χ1) is 7.65. The van der Waals surface area contributed by atoms with E-state index < -0.39 is 0 Å². The van der Waals surface area contributed by atoms with Gasteiger partial charge in [0.2, 0.25) is 0 Å². The molecule has 0 heterocycles. The van der Waals surface area contributed by atoms with E-state index in [9.17, 15) is 0 Å². The number of nitrogens with one attached hydrogen (secondary N) is 1. The number of rotatable bonds is 4. The largest absolute Gasteiger partial charge is 0.494 e.